The van der Waals surface area contributed by atoms with Gasteiger partial charge in [0.05, 0.1) is 16.6 Å². The van der Waals surface area contributed by atoms with Gasteiger partial charge < -0.3 is 4.74 Å². The Morgan fingerprint density at radius 2 is 2.05 bits per heavy atom. The number of primary sulfonamides is 1. The molecule has 1 heterocycles. The maximum Gasteiger partial charge on any atom is 0.416 e. The van der Waals surface area contributed by atoms with Crippen molar-refractivity contribution in [2.75, 3.05) is 6.61 Å². The topological polar surface area (TPSA) is 69.4 Å². The minimum absolute atomic E-state index is 0.110. The molecule has 0 amide bonds. The highest BCUT2D eigenvalue weighted by Gasteiger charge is 2.36. The van der Waals surface area contributed by atoms with Crippen LogP contribution in [0.3, 0.4) is 0 Å². The third kappa shape index (κ3) is 3.31. The summed E-state index contributed by atoms with van der Waals surface area (Å²) in [4.78, 5) is -0.483. The molecular formula is C12H14F3NO3S. The Kier molecular flexibility index (Phi) is 4.08. The molecule has 0 radical (unpaired) electrons. The third-order valence-electron chi connectivity index (χ3n) is 3.20. The number of alkyl halides is 3. The average molecular weight is 309 g/mol. The van der Waals surface area contributed by atoms with E-state index < -0.39 is 32.8 Å². The van der Waals surface area contributed by atoms with E-state index >= 15 is 0 Å². The molecule has 1 unspecified atom stereocenters. The van der Waals surface area contributed by atoms with Gasteiger partial charge in [-0.05, 0) is 30.5 Å². The van der Waals surface area contributed by atoms with Crippen LogP contribution in [-0.2, 0) is 27.4 Å². The van der Waals surface area contributed by atoms with E-state index in [4.69, 9.17) is 9.88 Å². The Balaban J connectivity index is 2.52. The van der Waals surface area contributed by atoms with E-state index in [9.17, 15) is 21.6 Å². The summed E-state index contributed by atoms with van der Waals surface area (Å²) in [5.41, 5.74) is -1.28. The van der Waals surface area contributed by atoms with E-state index in [0.29, 0.717) is 13.0 Å². The maximum absolute atomic E-state index is 13.0. The monoisotopic (exact) mass is 309 g/mol. The lowest BCUT2D eigenvalue weighted by atomic mass is 9.99. The quantitative estimate of drug-likeness (QED) is 0.929. The summed E-state index contributed by atoms with van der Waals surface area (Å²) < 4.78 is 67.3. The number of ether oxygens (including phenoxy) is 1. The van der Waals surface area contributed by atoms with Crippen molar-refractivity contribution >= 4 is 10.0 Å². The van der Waals surface area contributed by atoms with Crippen LogP contribution in [0.2, 0.25) is 0 Å². The highest BCUT2D eigenvalue weighted by molar-refractivity contribution is 7.89. The molecule has 1 atom stereocenters. The fourth-order valence-electron chi connectivity index (χ4n) is 2.34. The first-order valence-corrected chi connectivity index (χ1v) is 7.57. The number of hydrogen-bond acceptors (Lipinski definition) is 3. The van der Waals surface area contributed by atoms with Gasteiger partial charge in [-0.2, -0.15) is 13.2 Å². The molecule has 1 aliphatic heterocycles. The third-order valence-corrected chi connectivity index (χ3v) is 4.20. The molecule has 0 spiro atoms. The SMILES string of the molecule is NS(=O)(=O)c1cccc(C(F)(F)F)c1CC1CCCO1. The Bertz CT molecular complexity index is 592. The molecular weight excluding hydrogens is 295 g/mol. The molecule has 0 aromatic heterocycles. The predicted octanol–water partition coefficient (Wildman–Crippen LogP) is 2.07. The highest BCUT2D eigenvalue weighted by atomic mass is 32.2. The second kappa shape index (κ2) is 5.34. The number of sulfonamides is 1. The second-order valence-corrected chi connectivity index (χ2v) is 6.19. The van der Waals surface area contributed by atoms with Crippen molar-refractivity contribution < 1.29 is 26.3 Å². The highest BCUT2D eigenvalue weighted by Crippen LogP contribution is 2.36. The molecule has 8 heteroatoms. The fourth-order valence-corrected chi connectivity index (χ4v) is 3.15. The molecule has 1 fully saturated rings. The first-order chi connectivity index (χ1) is 9.19. The number of halogens is 3. The van der Waals surface area contributed by atoms with Gasteiger partial charge in [0, 0.05) is 13.0 Å². The van der Waals surface area contributed by atoms with Crippen molar-refractivity contribution in [3.05, 3.63) is 29.3 Å². The standard InChI is InChI=1S/C12H14F3NO3S/c13-12(14,15)10-4-1-5-11(20(16,17)18)9(10)7-8-3-2-6-19-8/h1,4-5,8H,2-3,6-7H2,(H2,16,17,18). The second-order valence-electron chi connectivity index (χ2n) is 4.66. The van der Waals surface area contributed by atoms with Crippen molar-refractivity contribution in [1.82, 2.24) is 0 Å². The number of hydrogen-bond donors (Lipinski definition) is 1. The minimum Gasteiger partial charge on any atom is -0.378 e. The zero-order valence-electron chi connectivity index (χ0n) is 10.5. The first-order valence-electron chi connectivity index (χ1n) is 6.03. The van der Waals surface area contributed by atoms with Crippen LogP contribution in [0.5, 0.6) is 0 Å². The van der Waals surface area contributed by atoms with E-state index in [-0.39, 0.29) is 12.0 Å². The minimum atomic E-state index is -4.63. The summed E-state index contributed by atoms with van der Waals surface area (Å²) in [5, 5.41) is 5.01. The predicted molar refractivity (Wildman–Crippen MR) is 65.5 cm³/mol. The summed E-state index contributed by atoms with van der Waals surface area (Å²) >= 11 is 0. The van der Waals surface area contributed by atoms with Crippen molar-refractivity contribution in [3.63, 3.8) is 0 Å². The van der Waals surface area contributed by atoms with Crippen LogP contribution in [0.1, 0.15) is 24.0 Å². The van der Waals surface area contributed by atoms with Gasteiger partial charge in [-0.25, -0.2) is 13.6 Å². The Morgan fingerprint density at radius 1 is 1.35 bits per heavy atom. The van der Waals surface area contributed by atoms with E-state index in [0.717, 1.165) is 24.6 Å². The zero-order valence-corrected chi connectivity index (χ0v) is 11.3. The maximum atomic E-state index is 13.0. The number of rotatable bonds is 3. The van der Waals surface area contributed by atoms with Crippen molar-refractivity contribution in [2.45, 2.75) is 36.4 Å². The van der Waals surface area contributed by atoms with Crippen LogP contribution in [0.4, 0.5) is 13.2 Å². The van der Waals surface area contributed by atoms with Gasteiger partial charge in [-0.15, -0.1) is 0 Å². The summed E-state index contributed by atoms with van der Waals surface area (Å²) in [6, 6.07) is 3.00. The van der Waals surface area contributed by atoms with Gasteiger partial charge in [-0.1, -0.05) is 6.07 Å². The van der Waals surface area contributed by atoms with Gasteiger partial charge in [0.15, 0.2) is 0 Å². The van der Waals surface area contributed by atoms with Crippen molar-refractivity contribution in [1.29, 1.82) is 0 Å². The largest absolute Gasteiger partial charge is 0.416 e. The first kappa shape index (κ1) is 15.3. The normalized spacial score (nSPS) is 20.3. The van der Waals surface area contributed by atoms with E-state index in [1.807, 2.05) is 0 Å². The molecule has 1 aromatic rings. The molecule has 0 saturated carbocycles. The van der Waals surface area contributed by atoms with Gasteiger partial charge in [-0.3, -0.25) is 0 Å². The Labute approximate surface area is 114 Å². The van der Waals surface area contributed by atoms with E-state index in [1.165, 1.54) is 0 Å². The van der Waals surface area contributed by atoms with Gasteiger partial charge in [0.1, 0.15) is 0 Å². The van der Waals surface area contributed by atoms with Crippen LogP contribution in [0.25, 0.3) is 0 Å². The lowest BCUT2D eigenvalue weighted by molar-refractivity contribution is -0.138. The molecule has 0 bridgehead atoms. The smallest absolute Gasteiger partial charge is 0.378 e. The lowest BCUT2D eigenvalue weighted by Crippen LogP contribution is -2.21. The summed E-state index contributed by atoms with van der Waals surface area (Å²) in [6.07, 6.45) is -3.78. The van der Waals surface area contributed by atoms with Crippen LogP contribution < -0.4 is 5.14 Å². The molecule has 1 aliphatic rings. The molecule has 0 aliphatic carbocycles. The average Bonchev–Trinajstić information content (AvgIpc) is 2.79. The fraction of sp³-hybridized carbons (Fsp3) is 0.500. The molecule has 2 rings (SSSR count). The van der Waals surface area contributed by atoms with Crippen LogP contribution in [-0.4, -0.2) is 21.1 Å². The zero-order chi connectivity index (χ0) is 15.0. The van der Waals surface area contributed by atoms with Crippen LogP contribution in [0.15, 0.2) is 23.1 Å². The Hall–Kier alpha value is -1.12. The number of nitrogens with two attached hydrogens (primary N) is 1. The molecule has 112 valence electrons. The summed E-state index contributed by atoms with van der Waals surface area (Å²) in [6.45, 7) is 0.476. The molecule has 4 nitrogen and oxygen atoms in total. The van der Waals surface area contributed by atoms with Gasteiger partial charge >= 0.3 is 6.18 Å². The molecule has 2 N–H and O–H groups in total. The van der Waals surface area contributed by atoms with Crippen molar-refractivity contribution in [2.24, 2.45) is 5.14 Å². The van der Waals surface area contributed by atoms with E-state index in [2.05, 4.69) is 0 Å². The van der Waals surface area contributed by atoms with Crippen LogP contribution in [0, 0.1) is 0 Å². The Morgan fingerprint density at radius 3 is 2.55 bits per heavy atom. The van der Waals surface area contributed by atoms with Gasteiger partial charge in [0.2, 0.25) is 10.0 Å². The van der Waals surface area contributed by atoms with E-state index in [1.54, 1.807) is 0 Å². The van der Waals surface area contributed by atoms with Gasteiger partial charge in [0.25, 0.3) is 0 Å². The van der Waals surface area contributed by atoms with Crippen LogP contribution >= 0.6 is 0 Å². The summed E-state index contributed by atoms with van der Waals surface area (Å²) in [7, 11) is -4.21. The molecule has 1 saturated heterocycles. The summed E-state index contributed by atoms with van der Waals surface area (Å²) in [5.74, 6) is 0. The van der Waals surface area contributed by atoms with Crippen molar-refractivity contribution in [3.8, 4) is 0 Å². The lowest BCUT2D eigenvalue weighted by Gasteiger charge is -2.18. The molecule has 20 heavy (non-hydrogen) atoms. The molecule has 1 aromatic carbocycles. The number of benzene rings is 1.